The van der Waals surface area contributed by atoms with Gasteiger partial charge in [0.25, 0.3) is 0 Å². The predicted octanol–water partition coefficient (Wildman–Crippen LogP) is 2.52. The van der Waals surface area contributed by atoms with E-state index in [-0.39, 0.29) is 12.1 Å². The fourth-order valence-electron chi connectivity index (χ4n) is 2.76. The van der Waals surface area contributed by atoms with Gasteiger partial charge in [0.15, 0.2) is 0 Å². The summed E-state index contributed by atoms with van der Waals surface area (Å²) in [5.41, 5.74) is 0. The van der Waals surface area contributed by atoms with Crippen molar-refractivity contribution in [3.8, 4) is 0 Å². The minimum Gasteiger partial charge on any atom is -0.462 e. The molecular weight excluding hydrogens is 164 g/mol. The Balaban J connectivity index is 1.79. The summed E-state index contributed by atoms with van der Waals surface area (Å²) in [5, 5.41) is 0. The monoisotopic (exact) mass is 182 g/mol. The number of fused-ring (bicyclic) bond motifs is 2. The van der Waals surface area contributed by atoms with Crippen molar-refractivity contribution in [2.24, 2.45) is 11.8 Å². The van der Waals surface area contributed by atoms with E-state index in [9.17, 15) is 4.79 Å². The van der Waals surface area contributed by atoms with E-state index in [2.05, 4.69) is 0 Å². The van der Waals surface area contributed by atoms with Gasteiger partial charge in [0.1, 0.15) is 6.10 Å². The minimum absolute atomic E-state index is 0.0139. The van der Waals surface area contributed by atoms with Crippen LogP contribution in [0, 0.1) is 11.8 Å². The van der Waals surface area contributed by atoms with Crippen molar-refractivity contribution >= 4 is 5.97 Å². The molecule has 2 heteroatoms. The maximum Gasteiger partial charge on any atom is 0.306 e. The van der Waals surface area contributed by atoms with Crippen LogP contribution in [-0.4, -0.2) is 12.1 Å². The Morgan fingerprint density at radius 2 is 2.23 bits per heavy atom. The molecule has 2 fully saturated rings. The summed E-state index contributed by atoms with van der Waals surface area (Å²) >= 11 is 0. The van der Waals surface area contributed by atoms with E-state index < -0.39 is 0 Å². The number of rotatable bonds is 3. The molecule has 2 saturated carbocycles. The van der Waals surface area contributed by atoms with E-state index in [4.69, 9.17) is 4.74 Å². The highest BCUT2D eigenvalue weighted by Gasteiger charge is 2.41. The first-order chi connectivity index (χ1) is 6.29. The van der Waals surface area contributed by atoms with Crippen LogP contribution in [0.25, 0.3) is 0 Å². The number of ether oxygens (including phenoxy) is 1. The quantitative estimate of drug-likeness (QED) is 0.627. The summed E-state index contributed by atoms with van der Waals surface area (Å²) in [6, 6.07) is 0. The summed E-state index contributed by atoms with van der Waals surface area (Å²) in [5.74, 6) is 1.58. The molecule has 0 aromatic heterocycles. The van der Waals surface area contributed by atoms with Crippen LogP contribution in [-0.2, 0) is 9.53 Å². The molecule has 3 atom stereocenters. The highest BCUT2D eigenvalue weighted by molar-refractivity contribution is 5.69. The lowest BCUT2D eigenvalue weighted by Crippen LogP contribution is -2.23. The molecule has 2 aliphatic carbocycles. The van der Waals surface area contributed by atoms with Crippen LogP contribution in [0.2, 0.25) is 0 Å². The van der Waals surface area contributed by atoms with Gasteiger partial charge in [-0.2, -0.15) is 0 Å². The van der Waals surface area contributed by atoms with E-state index >= 15 is 0 Å². The molecule has 2 nitrogen and oxygen atoms in total. The second kappa shape index (κ2) is 3.69. The molecule has 13 heavy (non-hydrogen) atoms. The van der Waals surface area contributed by atoms with Gasteiger partial charge in [-0.05, 0) is 43.9 Å². The number of carbonyl (C=O) groups excluding carboxylic acids is 1. The molecule has 0 aromatic carbocycles. The molecule has 0 aliphatic heterocycles. The Labute approximate surface area is 79.7 Å². The van der Waals surface area contributed by atoms with Gasteiger partial charge < -0.3 is 4.74 Å². The lowest BCUT2D eigenvalue weighted by molar-refractivity contribution is -0.151. The standard InChI is InChI=1S/C11H18O2/c1-2-3-11(12)13-10-7-8-4-5-9(10)6-8/h8-10H,2-7H2,1H3/t8-,9-,10+/m0/s1. The van der Waals surface area contributed by atoms with E-state index in [1.807, 2.05) is 6.92 Å². The third kappa shape index (κ3) is 1.87. The lowest BCUT2D eigenvalue weighted by atomic mass is 9.98. The zero-order chi connectivity index (χ0) is 9.26. The van der Waals surface area contributed by atoms with Gasteiger partial charge in [0.2, 0.25) is 0 Å². The third-order valence-corrected chi connectivity index (χ3v) is 3.41. The Hall–Kier alpha value is -0.530. The van der Waals surface area contributed by atoms with Crippen LogP contribution in [0.3, 0.4) is 0 Å². The molecule has 0 N–H and O–H groups in total. The van der Waals surface area contributed by atoms with Gasteiger partial charge in [-0.25, -0.2) is 0 Å². The first-order valence-corrected chi connectivity index (χ1v) is 5.49. The molecular formula is C11H18O2. The molecule has 0 heterocycles. The number of carbonyl (C=O) groups is 1. The third-order valence-electron chi connectivity index (χ3n) is 3.41. The van der Waals surface area contributed by atoms with Crippen LogP contribution < -0.4 is 0 Å². The van der Waals surface area contributed by atoms with Crippen LogP contribution >= 0.6 is 0 Å². The molecule has 0 radical (unpaired) electrons. The Bertz CT molecular complexity index is 200. The number of esters is 1. The first kappa shape index (κ1) is 9.04. The molecule has 2 rings (SSSR count). The van der Waals surface area contributed by atoms with Gasteiger partial charge in [-0.1, -0.05) is 6.92 Å². The van der Waals surface area contributed by atoms with Gasteiger partial charge >= 0.3 is 5.97 Å². The maximum atomic E-state index is 11.3. The van der Waals surface area contributed by atoms with Crippen LogP contribution in [0.15, 0.2) is 0 Å². The number of hydrogen-bond acceptors (Lipinski definition) is 2. The van der Waals surface area contributed by atoms with Gasteiger partial charge in [-0.3, -0.25) is 4.79 Å². The Morgan fingerprint density at radius 3 is 2.77 bits per heavy atom. The van der Waals surface area contributed by atoms with Crippen molar-refractivity contribution in [3.05, 3.63) is 0 Å². The van der Waals surface area contributed by atoms with Crippen LogP contribution in [0.5, 0.6) is 0 Å². The van der Waals surface area contributed by atoms with Crippen molar-refractivity contribution in [1.29, 1.82) is 0 Å². The molecule has 2 bridgehead atoms. The highest BCUT2D eigenvalue weighted by Crippen LogP contribution is 2.45. The van der Waals surface area contributed by atoms with E-state index in [0.717, 1.165) is 18.8 Å². The molecule has 2 aliphatic rings. The summed E-state index contributed by atoms with van der Waals surface area (Å²) in [6.45, 7) is 2.02. The average molecular weight is 182 g/mol. The van der Waals surface area contributed by atoms with Crippen molar-refractivity contribution in [2.75, 3.05) is 0 Å². The fourth-order valence-corrected chi connectivity index (χ4v) is 2.76. The zero-order valence-electron chi connectivity index (χ0n) is 8.29. The van der Waals surface area contributed by atoms with Gasteiger partial charge in [0.05, 0.1) is 0 Å². The van der Waals surface area contributed by atoms with E-state index in [1.54, 1.807) is 0 Å². The lowest BCUT2D eigenvalue weighted by Gasteiger charge is -2.21. The van der Waals surface area contributed by atoms with E-state index in [1.165, 1.54) is 19.3 Å². The van der Waals surface area contributed by atoms with Crippen molar-refractivity contribution in [2.45, 2.75) is 51.6 Å². The van der Waals surface area contributed by atoms with Crippen LogP contribution in [0.1, 0.15) is 45.4 Å². The largest absolute Gasteiger partial charge is 0.462 e. The van der Waals surface area contributed by atoms with Gasteiger partial charge in [0, 0.05) is 6.42 Å². The number of hydrogen-bond donors (Lipinski definition) is 0. The SMILES string of the molecule is CCCC(=O)O[C@@H]1C[C@H]2CC[C@H]1C2. The summed E-state index contributed by atoms with van der Waals surface area (Å²) in [6.07, 6.45) is 6.87. The second-order valence-corrected chi connectivity index (χ2v) is 4.45. The topological polar surface area (TPSA) is 26.3 Å². The normalized spacial score (nSPS) is 36.5. The highest BCUT2D eigenvalue weighted by atomic mass is 16.5. The summed E-state index contributed by atoms with van der Waals surface area (Å²) in [7, 11) is 0. The zero-order valence-corrected chi connectivity index (χ0v) is 8.29. The van der Waals surface area contributed by atoms with Crippen molar-refractivity contribution in [3.63, 3.8) is 0 Å². The second-order valence-electron chi connectivity index (χ2n) is 4.45. The summed E-state index contributed by atoms with van der Waals surface area (Å²) < 4.78 is 5.45. The summed E-state index contributed by atoms with van der Waals surface area (Å²) in [4.78, 5) is 11.3. The maximum absolute atomic E-state index is 11.3. The molecule has 0 saturated heterocycles. The average Bonchev–Trinajstić information content (AvgIpc) is 2.65. The minimum atomic E-state index is 0.0139. The Morgan fingerprint density at radius 1 is 1.38 bits per heavy atom. The van der Waals surface area contributed by atoms with Crippen molar-refractivity contribution in [1.82, 2.24) is 0 Å². The molecule has 0 unspecified atom stereocenters. The molecule has 0 aromatic rings. The van der Waals surface area contributed by atoms with Crippen LogP contribution in [0.4, 0.5) is 0 Å². The first-order valence-electron chi connectivity index (χ1n) is 5.49. The smallest absolute Gasteiger partial charge is 0.306 e. The predicted molar refractivity (Wildman–Crippen MR) is 50.2 cm³/mol. The molecule has 0 amide bonds. The van der Waals surface area contributed by atoms with Gasteiger partial charge in [-0.15, -0.1) is 0 Å². The Kier molecular flexibility index (Phi) is 2.56. The van der Waals surface area contributed by atoms with Crippen molar-refractivity contribution < 1.29 is 9.53 Å². The van der Waals surface area contributed by atoms with E-state index in [0.29, 0.717) is 12.3 Å². The fraction of sp³-hybridized carbons (Fsp3) is 0.909. The molecule has 0 spiro atoms. The molecule has 74 valence electrons.